The van der Waals surface area contributed by atoms with Crippen LogP contribution in [0, 0.1) is 5.82 Å². The fraction of sp³-hybridized carbons (Fsp3) is 0.0833. The Bertz CT molecular complexity index is 580. The van der Waals surface area contributed by atoms with Gasteiger partial charge in [0.1, 0.15) is 4.60 Å². The van der Waals surface area contributed by atoms with Gasteiger partial charge in [-0.15, -0.1) is 0 Å². The van der Waals surface area contributed by atoms with Crippen LogP contribution in [-0.2, 0) is 6.54 Å². The standard InChI is InChI=1S/C12H9BrClFN2O/c13-12-10(4-8(14)6-17-12)16-5-7-1-2-11(18)9(15)3-7/h1-4,6,16,18H,5H2. The van der Waals surface area contributed by atoms with Crippen molar-refractivity contribution in [3.05, 3.63) is 51.5 Å². The molecule has 0 bridgehead atoms. The van der Waals surface area contributed by atoms with E-state index in [1.165, 1.54) is 18.3 Å². The predicted molar refractivity (Wildman–Crippen MR) is 72.3 cm³/mol. The molecule has 1 heterocycles. The van der Waals surface area contributed by atoms with Crippen molar-refractivity contribution >= 4 is 33.2 Å². The van der Waals surface area contributed by atoms with Crippen LogP contribution >= 0.6 is 27.5 Å². The Morgan fingerprint density at radius 3 is 2.89 bits per heavy atom. The van der Waals surface area contributed by atoms with Crippen LogP contribution in [-0.4, -0.2) is 10.1 Å². The first-order chi connectivity index (χ1) is 8.56. The number of hydrogen-bond acceptors (Lipinski definition) is 3. The first-order valence-corrected chi connectivity index (χ1v) is 6.25. The van der Waals surface area contributed by atoms with Crippen LogP contribution in [0.15, 0.2) is 35.1 Å². The second-order valence-corrected chi connectivity index (χ2v) is 4.82. The van der Waals surface area contributed by atoms with Crippen LogP contribution in [0.3, 0.4) is 0 Å². The van der Waals surface area contributed by atoms with Gasteiger partial charge in [-0.1, -0.05) is 17.7 Å². The lowest BCUT2D eigenvalue weighted by Gasteiger charge is -2.08. The van der Waals surface area contributed by atoms with Gasteiger partial charge in [0.05, 0.1) is 10.7 Å². The van der Waals surface area contributed by atoms with Crippen molar-refractivity contribution in [1.82, 2.24) is 4.98 Å². The molecule has 0 fully saturated rings. The highest BCUT2D eigenvalue weighted by Crippen LogP contribution is 2.24. The lowest BCUT2D eigenvalue weighted by Crippen LogP contribution is -2.01. The molecule has 94 valence electrons. The number of hydrogen-bond donors (Lipinski definition) is 2. The van der Waals surface area contributed by atoms with Gasteiger partial charge in [-0.3, -0.25) is 0 Å². The van der Waals surface area contributed by atoms with Crippen LogP contribution in [0.5, 0.6) is 5.75 Å². The number of aromatic hydroxyl groups is 1. The fourth-order valence-electron chi connectivity index (χ4n) is 1.40. The number of halogens is 3. The molecule has 0 aliphatic carbocycles. The molecule has 0 radical (unpaired) electrons. The smallest absolute Gasteiger partial charge is 0.165 e. The molecule has 0 aliphatic heterocycles. The third kappa shape index (κ3) is 3.11. The maximum Gasteiger partial charge on any atom is 0.165 e. The van der Waals surface area contributed by atoms with E-state index in [1.807, 2.05) is 0 Å². The molecule has 2 N–H and O–H groups in total. The lowest BCUT2D eigenvalue weighted by molar-refractivity contribution is 0.432. The van der Waals surface area contributed by atoms with Crippen LogP contribution in [0.2, 0.25) is 5.02 Å². The fourth-order valence-corrected chi connectivity index (χ4v) is 1.92. The first kappa shape index (κ1) is 13.1. The summed E-state index contributed by atoms with van der Waals surface area (Å²) in [4.78, 5) is 4.03. The largest absolute Gasteiger partial charge is 0.505 e. The van der Waals surface area contributed by atoms with Crippen molar-refractivity contribution in [3.8, 4) is 5.75 Å². The summed E-state index contributed by atoms with van der Waals surface area (Å²) < 4.78 is 13.8. The van der Waals surface area contributed by atoms with Crippen molar-refractivity contribution in [1.29, 1.82) is 0 Å². The van der Waals surface area contributed by atoms with E-state index >= 15 is 0 Å². The van der Waals surface area contributed by atoms with Crippen molar-refractivity contribution in [2.75, 3.05) is 5.32 Å². The molecular weight excluding hydrogens is 322 g/mol. The highest BCUT2D eigenvalue weighted by molar-refractivity contribution is 9.10. The maximum absolute atomic E-state index is 13.1. The highest BCUT2D eigenvalue weighted by atomic mass is 79.9. The van der Waals surface area contributed by atoms with Gasteiger partial charge in [-0.05, 0) is 39.7 Å². The first-order valence-electron chi connectivity index (χ1n) is 5.08. The molecule has 0 amide bonds. The number of pyridine rings is 1. The third-order valence-corrected chi connectivity index (χ3v) is 3.14. The Hall–Kier alpha value is -1.33. The average Bonchev–Trinajstić information content (AvgIpc) is 2.34. The summed E-state index contributed by atoms with van der Waals surface area (Å²) in [5.41, 5.74) is 1.42. The van der Waals surface area contributed by atoms with Gasteiger partial charge in [0.25, 0.3) is 0 Å². The van der Waals surface area contributed by atoms with Gasteiger partial charge in [0.15, 0.2) is 11.6 Å². The molecule has 1 aromatic heterocycles. The Kier molecular flexibility index (Phi) is 4.04. The topological polar surface area (TPSA) is 45.1 Å². The van der Waals surface area contributed by atoms with E-state index in [-0.39, 0.29) is 5.75 Å². The number of benzene rings is 1. The molecule has 18 heavy (non-hydrogen) atoms. The van der Waals surface area contributed by atoms with Crippen molar-refractivity contribution in [2.24, 2.45) is 0 Å². The van der Waals surface area contributed by atoms with E-state index < -0.39 is 5.82 Å². The molecule has 0 atom stereocenters. The van der Waals surface area contributed by atoms with Gasteiger partial charge < -0.3 is 10.4 Å². The molecule has 0 aliphatic rings. The molecule has 0 unspecified atom stereocenters. The van der Waals surface area contributed by atoms with Crippen molar-refractivity contribution < 1.29 is 9.50 Å². The molecule has 6 heteroatoms. The van der Waals surface area contributed by atoms with Crippen LogP contribution in [0.1, 0.15) is 5.56 Å². The summed E-state index contributed by atoms with van der Waals surface area (Å²) in [6, 6.07) is 5.94. The molecule has 0 spiro atoms. The number of rotatable bonds is 3. The zero-order valence-electron chi connectivity index (χ0n) is 9.12. The number of nitrogens with one attached hydrogen (secondary N) is 1. The van der Waals surface area contributed by atoms with Crippen molar-refractivity contribution in [3.63, 3.8) is 0 Å². The molecule has 3 nitrogen and oxygen atoms in total. The number of anilines is 1. The van der Waals surface area contributed by atoms with E-state index in [0.29, 0.717) is 21.7 Å². The van der Waals surface area contributed by atoms with Gasteiger partial charge in [-0.2, -0.15) is 0 Å². The van der Waals surface area contributed by atoms with Gasteiger partial charge in [0.2, 0.25) is 0 Å². The summed E-state index contributed by atoms with van der Waals surface area (Å²) in [7, 11) is 0. The van der Waals surface area contributed by atoms with E-state index in [0.717, 1.165) is 5.69 Å². The summed E-state index contributed by atoms with van der Waals surface area (Å²) in [5.74, 6) is -0.998. The molecule has 0 saturated carbocycles. The van der Waals surface area contributed by atoms with Crippen LogP contribution < -0.4 is 5.32 Å². The minimum Gasteiger partial charge on any atom is -0.505 e. The highest BCUT2D eigenvalue weighted by Gasteiger charge is 2.04. The van der Waals surface area contributed by atoms with E-state index in [4.69, 9.17) is 16.7 Å². The number of phenols is 1. The van der Waals surface area contributed by atoms with E-state index in [9.17, 15) is 4.39 Å². The van der Waals surface area contributed by atoms with Crippen LogP contribution in [0.4, 0.5) is 10.1 Å². The Morgan fingerprint density at radius 1 is 1.39 bits per heavy atom. The van der Waals surface area contributed by atoms with E-state index in [2.05, 4.69) is 26.2 Å². The number of nitrogens with zero attached hydrogens (tertiary/aromatic N) is 1. The summed E-state index contributed by atoms with van der Waals surface area (Å²) in [6.45, 7) is 0.401. The maximum atomic E-state index is 13.1. The quantitative estimate of drug-likeness (QED) is 0.837. The molecule has 1 aromatic carbocycles. The second kappa shape index (κ2) is 5.54. The van der Waals surface area contributed by atoms with Crippen LogP contribution in [0.25, 0.3) is 0 Å². The predicted octanol–water partition coefficient (Wildman–Crippen LogP) is 3.95. The summed E-state index contributed by atoms with van der Waals surface area (Å²) in [6.07, 6.45) is 1.52. The Balaban J connectivity index is 2.11. The Labute approximate surface area is 117 Å². The SMILES string of the molecule is Oc1ccc(CNc2cc(Cl)cnc2Br)cc1F. The summed E-state index contributed by atoms with van der Waals surface area (Å²) >= 11 is 9.11. The van der Waals surface area contributed by atoms with Gasteiger partial charge in [0, 0.05) is 12.7 Å². The minimum absolute atomic E-state index is 0.357. The number of aromatic nitrogens is 1. The normalized spacial score (nSPS) is 10.4. The molecule has 0 saturated heterocycles. The van der Waals surface area contributed by atoms with E-state index in [1.54, 1.807) is 12.1 Å². The molecule has 2 aromatic rings. The molecule has 2 rings (SSSR count). The van der Waals surface area contributed by atoms with Gasteiger partial charge >= 0.3 is 0 Å². The Morgan fingerprint density at radius 2 is 2.17 bits per heavy atom. The minimum atomic E-state index is -0.641. The number of phenolic OH excluding ortho intramolecular Hbond substituents is 1. The van der Waals surface area contributed by atoms with Crippen molar-refractivity contribution in [2.45, 2.75) is 6.54 Å². The lowest BCUT2D eigenvalue weighted by atomic mass is 10.2. The van der Waals surface area contributed by atoms with Gasteiger partial charge in [-0.25, -0.2) is 9.37 Å². The average molecular weight is 332 g/mol. The second-order valence-electron chi connectivity index (χ2n) is 3.63. The zero-order valence-corrected chi connectivity index (χ0v) is 11.5. The summed E-state index contributed by atoms with van der Waals surface area (Å²) in [5, 5.41) is 12.7. The third-order valence-electron chi connectivity index (χ3n) is 2.30. The monoisotopic (exact) mass is 330 g/mol. The molecular formula is C12H9BrClFN2O. The zero-order chi connectivity index (χ0) is 13.1.